The zero-order valence-electron chi connectivity index (χ0n) is 12.5. The summed E-state index contributed by atoms with van der Waals surface area (Å²) in [6.45, 7) is 6.45. The van der Waals surface area contributed by atoms with Gasteiger partial charge in [0.05, 0.1) is 13.2 Å². The highest BCUT2D eigenvalue weighted by molar-refractivity contribution is 5.69. The second-order valence-electron chi connectivity index (χ2n) is 5.46. The minimum absolute atomic E-state index is 0.0600. The summed E-state index contributed by atoms with van der Waals surface area (Å²) in [7, 11) is 2.18. The summed E-state index contributed by atoms with van der Waals surface area (Å²) in [6, 6.07) is 0. The molecule has 1 aliphatic rings. The van der Waals surface area contributed by atoms with Crippen molar-refractivity contribution in [3.05, 3.63) is 0 Å². The Kier molecular flexibility index (Phi) is 8.84. The SMILES string of the molecule is CCOC(=O)CCCCCN(C)CC1CCCOC1. The molecule has 1 heterocycles. The Hall–Kier alpha value is -0.610. The smallest absolute Gasteiger partial charge is 0.305 e. The first kappa shape index (κ1) is 16.4. The minimum Gasteiger partial charge on any atom is -0.466 e. The van der Waals surface area contributed by atoms with Crippen LogP contribution in [0.3, 0.4) is 0 Å². The molecular formula is C15H29NO3. The van der Waals surface area contributed by atoms with Crippen LogP contribution in [0.4, 0.5) is 0 Å². The summed E-state index contributed by atoms with van der Waals surface area (Å²) in [5.74, 6) is 0.647. The van der Waals surface area contributed by atoms with Gasteiger partial charge in [-0.15, -0.1) is 0 Å². The standard InChI is InChI=1S/C15H29NO3/c1-3-19-15(17)9-5-4-6-10-16(2)12-14-8-7-11-18-13-14/h14H,3-13H2,1-2H3. The van der Waals surface area contributed by atoms with E-state index >= 15 is 0 Å². The Morgan fingerprint density at radius 1 is 1.37 bits per heavy atom. The first-order valence-corrected chi connectivity index (χ1v) is 7.64. The van der Waals surface area contributed by atoms with Gasteiger partial charge in [0, 0.05) is 19.6 Å². The molecule has 0 N–H and O–H groups in total. The third kappa shape index (κ3) is 8.22. The average Bonchev–Trinajstić information content (AvgIpc) is 2.40. The number of ether oxygens (including phenoxy) is 2. The highest BCUT2D eigenvalue weighted by Crippen LogP contribution is 2.14. The second kappa shape index (κ2) is 10.2. The van der Waals surface area contributed by atoms with Crippen molar-refractivity contribution in [2.24, 2.45) is 5.92 Å². The van der Waals surface area contributed by atoms with Gasteiger partial charge in [-0.2, -0.15) is 0 Å². The van der Waals surface area contributed by atoms with Crippen LogP contribution in [0.2, 0.25) is 0 Å². The number of hydrogen-bond donors (Lipinski definition) is 0. The Morgan fingerprint density at radius 3 is 2.89 bits per heavy atom. The number of carbonyl (C=O) groups is 1. The van der Waals surface area contributed by atoms with Crippen molar-refractivity contribution >= 4 is 5.97 Å². The molecule has 0 bridgehead atoms. The van der Waals surface area contributed by atoms with Crippen LogP contribution in [0, 0.1) is 5.92 Å². The fourth-order valence-corrected chi connectivity index (χ4v) is 2.54. The van der Waals surface area contributed by atoms with Crippen molar-refractivity contribution in [1.29, 1.82) is 0 Å². The van der Waals surface area contributed by atoms with Crippen molar-refractivity contribution in [2.45, 2.75) is 45.4 Å². The zero-order valence-corrected chi connectivity index (χ0v) is 12.5. The Bertz CT molecular complexity index is 240. The van der Waals surface area contributed by atoms with Crippen molar-refractivity contribution in [3.8, 4) is 0 Å². The molecule has 0 amide bonds. The minimum atomic E-state index is -0.0600. The van der Waals surface area contributed by atoms with Gasteiger partial charge >= 0.3 is 5.97 Å². The highest BCUT2D eigenvalue weighted by atomic mass is 16.5. The van der Waals surface area contributed by atoms with Gasteiger partial charge in [-0.05, 0) is 52.1 Å². The largest absolute Gasteiger partial charge is 0.466 e. The lowest BCUT2D eigenvalue weighted by molar-refractivity contribution is -0.143. The van der Waals surface area contributed by atoms with Gasteiger partial charge in [0.1, 0.15) is 0 Å². The average molecular weight is 271 g/mol. The van der Waals surface area contributed by atoms with E-state index in [0.717, 1.165) is 45.6 Å². The number of unbranched alkanes of at least 4 members (excludes halogenated alkanes) is 2. The van der Waals surface area contributed by atoms with Crippen LogP contribution < -0.4 is 0 Å². The lowest BCUT2D eigenvalue weighted by Crippen LogP contribution is -2.31. The first-order chi connectivity index (χ1) is 9.22. The van der Waals surface area contributed by atoms with Gasteiger partial charge in [0.2, 0.25) is 0 Å². The summed E-state index contributed by atoms with van der Waals surface area (Å²) >= 11 is 0. The van der Waals surface area contributed by atoms with E-state index in [9.17, 15) is 4.79 Å². The number of carbonyl (C=O) groups excluding carboxylic acids is 1. The van der Waals surface area contributed by atoms with E-state index in [2.05, 4.69) is 11.9 Å². The molecule has 1 saturated heterocycles. The maximum atomic E-state index is 11.2. The van der Waals surface area contributed by atoms with Gasteiger partial charge in [0.15, 0.2) is 0 Å². The molecule has 0 aromatic heterocycles. The second-order valence-corrected chi connectivity index (χ2v) is 5.46. The fraction of sp³-hybridized carbons (Fsp3) is 0.933. The van der Waals surface area contributed by atoms with E-state index in [1.165, 1.54) is 12.8 Å². The molecular weight excluding hydrogens is 242 g/mol. The number of nitrogens with zero attached hydrogens (tertiary/aromatic N) is 1. The molecule has 1 rings (SSSR count). The molecule has 1 atom stereocenters. The molecule has 0 aromatic rings. The third-order valence-corrected chi connectivity index (χ3v) is 3.55. The van der Waals surface area contributed by atoms with Gasteiger partial charge in [0.25, 0.3) is 0 Å². The molecule has 4 nitrogen and oxygen atoms in total. The van der Waals surface area contributed by atoms with Crippen LogP contribution in [0.15, 0.2) is 0 Å². The Labute approximate surface area is 117 Å². The van der Waals surface area contributed by atoms with E-state index in [0.29, 0.717) is 18.9 Å². The Balaban J connectivity index is 1.94. The summed E-state index contributed by atoms with van der Waals surface area (Å²) in [5.41, 5.74) is 0. The van der Waals surface area contributed by atoms with Crippen LogP contribution >= 0.6 is 0 Å². The first-order valence-electron chi connectivity index (χ1n) is 7.64. The maximum absolute atomic E-state index is 11.2. The molecule has 0 spiro atoms. The monoisotopic (exact) mass is 271 g/mol. The topological polar surface area (TPSA) is 38.8 Å². The van der Waals surface area contributed by atoms with Crippen molar-refractivity contribution in [2.75, 3.05) is 40.0 Å². The summed E-state index contributed by atoms with van der Waals surface area (Å²) in [5, 5.41) is 0. The molecule has 1 unspecified atom stereocenters. The Morgan fingerprint density at radius 2 is 2.21 bits per heavy atom. The quantitative estimate of drug-likeness (QED) is 0.477. The zero-order chi connectivity index (χ0) is 13.9. The van der Waals surface area contributed by atoms with Gasteiger partial charge in [-0.3, -0.25) is 4.79 Å². The predicted octanol–water partition coefficient (Wildman–Crippen LogP) is 2.47. The summed E-state index contributed by atoms with van der Waals surface area (Å²) < 4.78 is 10.4. The summed E-state index contributed by atoms with van der Waals surface area (Å²) in [4.78, 5) is 13.5. The molecule has 19 heavy (non-hydrogen) atoms. The predicted molar refractivity (Wildman–Crippen MR) is 76.1 cm³/mol. The van der Waals surface area contributed by atoms with Gasteiger partial charge < -0.3 is 14.4 Å². The fourth-order valence-electron chi connectivity index (χ4n) is 2.54. The molecule has 0 aliphatic carbocycles. The van der Waals surface area contributed by atoms with Gasteiger partial charge in [-0.25, -0.2) is 0 Å². The van der Waals surface area contributed by atoms with Crippen LogP contribution in [0.5, 0.6) is 0 Å². The molecule has 0 aromatic carbocycles. The van der Waals surface area contributed by atoms with E-state index in [1.807, 2.05) is 6.92 Å². The van der Waals surface area contributed by atoms with Crippen molar-refractivity contribution < 1.29 is 14.3 Å². The molecule has 0 radical (unpaired) electrons. The van der Waals surface area contributed by atoms with E-state index in [4.69, 9.17) is 9.47 Å². The molecule has 112 valence electrons. The number of esters is 1. The van der Waals surface area contributed by atoms with Crippen molar-refractivity contribution in [3.63, 3.8) is 0 Å². The molecule has 0 saturated carbocycles. The van der Waals surface area contributed by atoms with Crippen LogP contribution in [0.25, 0.3) is 0 Å². The maximum Gasteiger partial charge on any atom is 0.305 e. The molecule has 1 aliphatic heterocycles. The molecule has 1 fully saturated rings. The lowest BCUT2D eigenvalue weighted by atomic mass is 10.0. The van der Waals surface area contributed by atoms with Crippen LogP contribution in [-0.4, -0.2) is 50.8 Å². The molecule has 4 heteroatoms. The highest BCUT2D eigenvalue weighted by Gasteiger charge is 2.15. The van der Waals surface area contributed by atoms with E-state index < -0.39 is 0 Å². The van der Waals surface area contributed by atoms with Crippen LogP contribution in [-0.2, 0) is 14.3 Å². The van der Waals surface area contributed by atoms with Crippen molar-refractivity contribution in [1.82, 2.24) is 4.90 Å². The van der Waals surface area contributed by atoms with Gasteiger partial charge in [-0.1, -0.05) is 6.42 Å². The number of hydrogen-bond acceptors (Lipinski definition) is 4. The van der Waals surface area contributed by atoms with Crippen LogP contribution in [0.1, 0.15) is 45.4 Å². The summed E-state index contributed by atoms with van der Waals surface area (Å²) in [6.07, 6.45) is 6.27. The number of rotatable bonds is 9. The third-order valence-electron chi connectivity index (χ3n) is 3.55. The van der Waals surface area contributed by atoms with E-state index in [1.54, 1.807) is 0 Å². The van der Waals surface area contributed by atoms with E-state index in [-0.39, 0.29) is 5.97 Å². The normalized spacial score (nSPS) is 19.6. The lowest BCUT2D eigenvalue weighted by Gasteiger charge is -2.27.